The van der Waals surface area contributed by atoms with Crippen molar-refractivity contribution < 1.29 is 0 Å². The second-order valence-corrected chi connectivity index (χ2v) is 3.49. The van der Waals surface area contributed by atoms with E-state index in [1.807, 2.05) is 10.9 Å². The highest BCUT2D eigenvalue weighted by atomic mass is 15.3. The molecule has 0 amide bonds. The Morgan fingerprint density at radius 1 is 1.21 bits per heavy atom. The number of aromatic nitrogens is 4. The molecule has 2 heterocycles. The molecule has 0 aliphatic carbocycles. The van der Waals surface area contributed by atoms with Crippen molar-refractivity contribution in [1.29, 1.82) is 0 Å². The summed E-state index contributed by atoms with van der Waals surface area (Å²) in [5.74, 6) is 0. The number of hydrogen-bond acceptors (Lipinski definition) is 3. The third kappa shape index (κ3) is 1.48. The van der Waals surface area contributed by atoms with Gasteiger partial charge in [-0.1, -0.05) is 0 Å². The molecule has 2 aromatic rings. The lowest BCUT2D eigenvalue weighted by Crippen LogP contribution is -2.00. The number of nitrogen functional groups attached to an aromatic ring is 1. The Hall–Kier alpha value is -1.78. The molecule has 0 bridgehead atoms. The summed E-state index contributed by atoms with van der Waals surface area (Å²) in [4.78, 5) is 0. The minimum atomic E-state index is 0.358. The zero-order valence-corrected chi connectivity index (χ0v) is 8.25. The lowest BCUT2D eigenvalue weighted by molar-refractivity contribution is 0.532. The fourth-order valence-electron chi connectivity index (χ4n) is 1.21. The van der Waals surface area contributed by atoms with Crippen molar-refractivity contribution >= 4 is 5.69 Å². The van der Waals surface area contributed by atoms with Gasteiger partial charge in [0.25, 0.3) is 0 Å². The van der Waals surface area contributed by atoms with E-state index in [0.29, 0.717) is 11.7 Å². The average molecular weight is 191 g/mol. The number of nitrogens with two attached hydrogens (primary N) is 1. The van der Waals surface area contributed by atoms with E-state index in [1.165, 1.54) is 0 Å². The molecule has 74 valence electrons. The van der Waals surface area contributed by atoms with E-state index in [-0.39, 0.29) is 0 Å². The minimum Gasteiger partial charge on any atom is -0.396 e. The standard InChI is InChI=1S/C9H13N5/c1-7(2)13-6-9(4-12-13)14-5-8(10)3-11-14/h3-7H,10H2,1-2H3. The molecule has 2 rings (SSSR count). The lowest BCUT2D eigenvalue weighted by Gasteiger charge is -2.02. The molecule has 0 spiro atoms. The van der Waals surface area contributed by atoms with Gasteiger partial charge in [0.2, 0.25) is 0 Å². The summed E-state index contributed by atoms with van der Waals surface area (Å²) in [5.41, 5.74) is 7.15. The Morgan fingerprint density at radius 3 is 2.50 bits per heavy atom. The predicted octanol–water partition coefficient (Wildman–Crippen LogP) is 1.23. The van der Waals surface area contributed by atoms with Gasteiger partial charge in [0.15, 0.2) is 0 Å². The van der Waals surface area contributed by atoms with E-state index in [0.717, 1.165) is 5.69 Å². The second kappa shape index (κ2) is 3.17. The van der Waals surface area contributed by atoms with Crippen LogP contribution >= 0.6 is 0 Å². The molecule has 0 radical (unpaired) electrons. The first-order chi connectivity index (χ1) is 6.66. The number of rotatable bonds is 2. The number of hydrogen-bond donors (Lipinski definition) is 1. The van der Waals surface area contributed by atoms with Crippen molar-refractivity contribution in [1.82, 2.24) is 19.6 Å². The highest BCUT2D eigenvalue weighted by Crippen LogP contribution is 2.10. The monoisotopic (exact) mass is 191 g/mol. The molecule has 5 nitrogen and oxygen atoms in total. The van der Waals surface area contributed by atoms with E-state index < -0.39 is 0 Å². The van der Waals surface area contributed by atoms with Crippen molar-refractivity contribution in [2.45, 2.75) is 19.9 Å². The maximum atomic E-state index is 5.57. The summed E-state index contributed by atoms with van der Waals surface area (Å²) in [7, 11) is 0. The van der Waals surface area contributed by atoms with Gasteiger partial charge in [-0.05, 0) is 13.8 Å². The zero-order chi connectivity index (χ0) is 10.1. The van der Waals surface area contributed by atoms with Crippen LogP contribution in [0.2, 0.25) is 0 Å². The Morgan fingerprint density at radius 2 is 2.00 bits per heavy atom. The fraction of sp³-hybridized carbons (Fsp3) is 0.333. The van der Waals surface area contributed by atoms with Crippen LogP contribution in [0, 0.1) is 0 Å². The Balaban J connectivity index is 2.33. The van der Waals surface area contributed by atoms with Crippen LogP contribution in [0.5, 0.6) is 0 Å². The van der Waals surface area contributed by atoms with Gasteiger partial charge in [0.05, 0.1) is 30.5 Å². The molecule has 2 N–H and O–H groups in total. The van der Waals surface area contributed by atoms with Crippen LogP contribution in [-0.4, -0.2) is 19.6 Å². The lowest BCUT2D eigenvalue weighted by atomic mass is 10.4. The Labute approximate surface area is 82.1 Å². The third-order valence-electron chi connectivity index (χ3n) is 1.98. The Bertz CT molecular complexity index is 426. The average Bonchev–Trinajstić information content (AvgIpc) is 2.70. The van der Waals surface area contributed by atoms with E-state index in [1.54, 1.807) is 23.3 Å². The molecular formula is C9H13N5. The molecule has 0 aliphatic rings. The summed E-state index contributed by atoms with van der Waals surface area (Å²) in [6, 6.07) is 0.358. The topological polar surface area (TPSA) is 61.7 Å². The highest BCUT2D eigenvalue weighted by molar-refractivity contribution is 5.35. The van der Waals surface area contributed by atoms with Crippen molar-refractivity contribution in [3.8, 4) is 5.69 Å². The van der Waals surface area contributed by atoms with Crippen LogP contribution in [0.1, 0.15) is 19.9 Å². The SMILES string of the molecule is CC(C)n1cc(-n2cc(N)cn2)cn1. The molecule has 0 aromatic carbocycles. The summed E-state index contributed by atoms with van der Waals surface area (Å²) in [6.07, 6.45) is 7.10. The van der Waals surface area contributed by atoms with Gasteiger partial charge in [-0.25, -0.2) is 4.68 Å². The van der Waals surface area contributed by atoms with E-state index in [2.05, 4.69) is 24.0 Å². The van der Waals surface area contributed by atoms with Gasteiger partial charge in [-0.2, -0.15) is 10.2 Å². The quantitative estimate of drug-likeness (QED) is 0.776. The number of anilines is 1. The van der Waals surface area contributed by atoms with Crippen LogP contribution < -0.4 is 5.73 Å². The first-order valence-corrected chi connectivity index (χ1v) is 4.51. The molecule has 14 heavy (non-hydrogen) atoms. The van der Waals surface area contributed by atoms with Crippen molar-refractivity contribution in [3.63, 3.8) is 0 Å². The maximum absolute atomic E-state index is 5.57. The zero-order valence-electron chi connectivity index (χ0n) is 8.25. The summed E-state index contributed by atoms with van der Waals surface area (Å²) in [6.45, 7) is 4.16. The number of nitrogens with zero attached hydrogens (tertiary/aromatic N) is 4. The summed E-state index contributed by atoms with van der Waals surface area (Å²) >= 11 is 0. The molecule has 0 atom stereocenters. The third-order valence-corrected chi connectivity index (χ3v) is 1.98. The first kappa shape index (κ1) is 8.80. The summed E-state index contributed by atoms with van der Waals surface area (Å²) in [5, 5.41) is 8.31. The van der Waals surface area contributed by atoms with Gasteiger partial charge >= 0.3 is 0 Å². The highest BCUT2D eigenvalue weighted by Gasteiger charge is 2.03. The van der Waals surface area contributed by atoms with Gasteiger partial charge in [-0.15, -0.1) is 0 Å². The maximum Gasteiger partial charge on any atom is 0.103 e. The Kier molecular flexibility index (Phi) is 1.99. The van der Waals surface area contributed by atoms with Crippen LogP contribution in [0.4, 0.5) is 5.69 Å². The second-order valence-electron chi connectivity index (χ2n) is 3.49. The molecule has 0 unspecified atom stereocenters. The van der Waals surface area contributed by atoms with Crippen molar-refractivity contribution in [3.05, 3.63) is 24.8 Å². The van der Waals surface area contributed by atoms with Gasteiger partial charge < -0.3 is 5.73 Å². The first-order valence-electron chi connectivity index (χ1n) is 4.51. The van der Waals surface area contributed by atoms with E-state index >= 15 is 0 Å². The van der Waals surface area contributed by atoms with Crippen molar-refractivity contribution in [2.24, 2.45) is 0 Å². The minimum absolute atomic E-state index is 0.358. The predicted molar refractivity (Wildman–Crippen MR) is 54.1 cm³/mol. The molecule has 0 saturated heterocycles. The molecule has 0 fully saturated rings. The molecule has 0 saturated carbocycles. The molecule has 2 aromatic heterocycles. The fourth-order valence-corrected chi connectivity index (χ4v) is 1.21. The van der Waals surface area contributed by atoms with E-state index in [4.69, 9.17) is 5.73 Å². The van der Waals surface area contributed by atoms with Crippen molar-refractivity contribution in [2.75, 3.05) is 5.73 Å². The molecular weight excluding hydrogens is 178 g/mol. The van der Waals surface area contributed by atoms with Crippen LogP contribution in [0.25, 0.3) is 5.69 Å². The van der Waals surface area contributed by atoms with Gasteiger partial charge in [-0.3, -0.25) is 4.68 Å². The van der Waals surface area contributed by atoms with Crippen LogP contribution in [-0.2, 0) is 0 Å². The molecule has 0 aliphatic heterocycles. The van der Waals surface area contributed by atoms with Gasteiger partial charge in [0.1, 0.15) is 5.69 Å². The van der Waals surface area contributed by atoms with E-state index in [9.17, 15) is 0 Å². The summed E-state index contributed by atoms with van der Waals surface area (Å²) < 4.78 is 3.59. The van der Waals surface area contributed by atoms with Crippen LogP contribution in [0.3, 0.4) is 0 Å². The normalized spacial score (nSPS) is 11.1. The smallest absolute Gasteiger partial charge is 0.103 e. The molecule has 5 heteroatoms. The largest absolute Gasteiger partial charge is 0.396 e. The van der Waals surface area contributed by atoms with Gasteiger partial charge in [0, 0.05) is 6.04 Å². The van der Waals surface area contributed by atoms with Crippen LogP contribution in [0.15, 0.2) is 24.8 Å².